The minimum atomic E-state index is 0.834. The van der Waals surface area contributed by atoms with Crippen LogP contribution in [0.15, 0.2) is 42.5 Å². The van der Waals surface area contributed by atoms with Crippen LogP contribution in [0.2, 0.25) is 0 Å². The highest BCUT2D eigenvalue weighted by molar-refractivity contribution is 5.53. The van der Waals surface area contributed by atoms with Crippen molar-refractivity contribution in [3.05, 3.63) is 53.7 Å². The van der Waals surface area contributed by atoms with E-state index in [1.807, 2.05) is 6.07 Å². The van der Waals surface area contributed by atoms with Gasteiger partial charge in [-0.05, 0) is 44.5 Å². The Bertz CT molecular complexity index is 551. The van der Waals surface area contributed by atoms with Gasteiger partial charge in [0.25, 0.3) is 0 Å². The van der Waals surface area contributed by atoms with Crippen LogP contribution >= 0.6 is 0 Å². The van der Waals surface area contributed by atoms with Gasteiger partial charge in [0.1, 0.15) is 5.82 Å². The summed E-state index contributed by atoms with van der Waals surface area (Å²) in [5, 5.41) is 3.26. The fourth-order valence-corrected chi connectivity index (χ4v) is 2.33. The third kappa shape index (κ3) is 3.50. The maximum atomic E-state index is 4.65. The van der Waals surface area contributed by atoms with Crippen molar-refractivity contribution in [3.8, 4) is 0 Å². The summed E-state index contributed by atoms with van der Waals surface area (Å²) in [5.74, 6) is 0.950. The molecule has 0 unspecified atom stereocenters. The van der Waals surface area contributed by atoms with Gasteiger partial charge in [-0.15, -0.1) is 0 Å². The molecule has 2 rings (SSSR count). The molecule has 0 radical (unpaired) electrons. The van der Waals surface area contributed by atoms with Crippen molar-refractivity contribution in [2.24, 2.45) is 0 Å². The van der Waals surface area contributed by atoms with E-state index in [0.29, 0.717) is 0 Å². The first kappa shape index (κ1) is 14.4. The molecule has 0 amide bonds. The largest absolute Gasteiger partial charge is 0.370 e. The number of benzene rings is 1. The highest BCUT2D eigenvalue weighted by Crippen LogP contribution is 2.21. The van der Waals surface area contributed by atoms with Crippen LogP contribution in [-0.4, -0.2) is 18.1 Å². The number of para-hydroxylation sites is 1. The molecular formula is C17H23N3. The molecule has 3 heteroatoms. The average molecular weight is 269 g/mol. The molecule has 1 aromatic heterocycles. The fourth-order valence-electron chi connectivity index (χ4n) is 2.33. The quantitative estimate of drug-likeness (QED) is 0.863. The highest BCUT2D eigenvalue weighted by Gasteiger charge is 2.08. The number of aromatic nitrogens is 1. The minimum absolute atomic E-state index is 0.834. The van der Waals surface area contributed by atoms with Crippen LogP contribution in [0.25, 0.3) is 0 Å². The topological polar surface area (TPSA) is 28.2 Å². The normalized spacial score (nSPS) is 10.3. The lowest BCUT2D eigenvalue weighted by molar-refractivity contribution is 0.806. The number of anilines is 2. The molecule has 1 aromatic carbocycles. The number of nitrogens with one attached hydrogen (secondary N) is 1. The Labute approximate surface area is 121 Å². The van der Waals surface area contributed by atoms with Crippen LogP contribution in [0.3, 0.4) is 0 Å². The van der Waals surface area contributed by atoms with E-state index in [1.165, 1.54) is 11.3 Å². The molecule has 2 aromatic rings. The molecule has 0 atom stereocenters. The maximum Gasteiger partial charge on any atom is 0.126 e. The van der Waals surface area contributed by atoms with Crippen molar-refractivity contribution >= 4 is 11.5 Å². The summed E-state index contributed by atoms with van der Waals surface area (Å²) in [7, 11) is 0. The molecule has 3 nitrogen and oxygen atoms in total. The van der Waals surface area contributed by atoms with E-state index in [4.69, 9.17) is 0 Å². The standard InChI is InChI=1S/C17H23N3/c1-4-18-17-12-8-10-15(19-17)13-20(5-2)16-11-7-6-9-14(16)3/h6-12H,4-5,13H2,1-3H3,(H,18,19). The highest BCUT2D eigenvalue weighted by atomic mass is 15.1. The summed E-state index contributed by atoms with van der Waals surface area (Å²) in [6, 6.07) is 14.7. The van der Waals surface area contributed by atoms with Crippen LogP contribution < -0.4 is 10.2 Å². The van der Waals surface area contributed by atoms with E-state index in [1.54, 1.807) is 0 Å². The summed E-state index contributed by atoms with van der Waals surface area (Å²) in [6.07, 6.45) is 0. The van der Waals surface area contributed by atoms with Gasteiger partial charge in [0.15, 0.2) is 0 Å². The van der Waals surface area contributed by atoms with Crippen LogP contribution in [0, 0.1) is 6.92 Å². The van der Waals surface area contributed by atoms with E-state index in [-0.39, 0.29) is 0 Å². The Morgan fingerprint density at radius 2 is 1.85 bits per heavy atom. The van der Waals surface area contributed by atoms with Crippen LogP contribution in [0.1, 0.15) is 25.1 Å². The van der Waals surface area contributed by atoms with Gasteiger partial charge in [-0.3, -0.25) is 0 Å². The van der Waals surface area contributed by atoms with Gasteiger partial charge in [-0.25, -0.2) is 4.98 Å². The summed E-state index contributed by atoms with van der Waals surface area (Å²) in [5.41, 5.74) is 3.68. The van der Waals surface area contributed by atoms with Gasteiger partial charge in [0.2, 0.25) is 0 Å². The molecule has 1 heterocycles. The molecule has 0 bridgehead atoms. The summed E-state index contributed by atoms with van der Waals surface area (Å²) >= 11 is 0. The molecule has 0 aliphatic rings. The van der Waals surface area contributed by atoms with Crippen molar-refractivity contribution in [3.63, 3.8) is 0 Å². The molecule has 0 fully saturated rings. The molecular weight excluding hydrogens is 246 g/mol. The molecule has 106 valence electrons. The monoisotopic (exact) mass is 269 g/mol. The Morgan fingerprint density at radius 1 is 1.05 bits per heavy atom. The van der Waals surface area contributed by atoms with E-state index >= 15 is 0 Å². The number of rotatable bonds is 6. The zero-order valence-electron chi connectivity index (χ0n) is 12.6. The smallest absolute Gasteiger partial charge is 0.126 e. The van der Waals surface area contributed by atoms with Gasteiger partial charge in [0.05, 0.1) is 12.2 Å². The predicted molar refractivity (Wildman–Crippen MR) is 86.3 cm³/mol. The van der Waals surface area contributed by atoms with Crippen molar-refractivity contribution in [1.82, 2.24) is 4.98 Å². The average Bonchev–Trinajstić information content (AvgIpc) is 2.46. The fraction of sp³-hybridized carbons (Fsp3) is 0.353. The zero-order chi connectivity index (χ0) is 14.4. The molecule has 0 saturated carbocycles. The van der Waals surface area contributed by atoms with Crippen molar-refractivity contribution in [1.29, 1.82) is 0 Å². The van der Waals surface area contributed by atoms with E-state index in [2.05, 4.69) is 72.4 Å². The molecule has 0 aliphatic heterocycles. The summed E-state index contributed by atoms with van der Waals surface area (Å²) in [4.78, 5) is 7.01. The Morgan fingerprint density at radius 3 is 2.55 bits per heavy atom. The second-order valence-corrected chi connectivity index (χ2v) is 4.85. The Hall–Kier alpha value is -2.03. The van der Waals surface area contributed by atoms with Gasteiger partial charge in [0, 0.05) is 18.8 Å². The third-order valence-electron chi connectivity index (χ3n) is 3.36. The maximum absolute atomic E-state index is 4.65. The molecule has 0 spiro atoms. The van der Waals surface area contributed by atoms with E-state index in [0.717, 1.165) is 31.1 Å². The van der Waals surface area contributed by atoms with Crippen LogP contribution in [0.4, 0.5) is 11.5 Å². The number of pyridine rings is 1. The number of aryl methyl sites for hydroxylation is 1. The SMILES string of the molecule is CCNc1cccc(CN(CC)c2ccccc2C)n1. The Kier molecular flexibility index (Phi) is 4.99. The molecule has 1 N–H and O–H groups in total. The summed E-state index contributed by atoms with van der Waals surface area (Å²) in [6.45, 7) is 9.12. The number of nitrogens with zero attached hydrogens (tertiary/aromatic N) is 2. The van der Waals surface area contributed by atoms with Crippen molar-refractivity contribution in [2.45, 2.75) is 27.3 Å². The van der Waals surface area contributed by atoms with Crippen LogP contribution in [-0.2, 0) is 6.54 Å². The second kappa shape index (κ2) is 6.94. The number of hydrogen-bond donors (Lipinski definition) is 1. The molecule has 0 saturated heterocycles. The van der Waals surface area contributed by atoms with Crippen molar-refractivity contribution in [2.75, 3.05) is 23.3 Å². The van der Waals surface area contributed by atoms with Gasteiger partial charge in [-0.1, -0.05) is 24.3 Å². The zero-order valence-corrected chi connectivity index (χ0v) is 12.6. The predicted octanol–water partition coefficient (Wildman–Crippen LogP) is 3.85. The van der Waals surface area contributed by atoms with Crippen LogP contribution in [0.5, 0.6) is 0 Å². The number of hydrogen-bond acceptors (Lipinski definition) is 3. The Balaban J connectivity index is 2.18. The second-order valence-electron chi connectivity index (χ2n) is 4.85. The lowest BCUT2D eigenvalue weighted by Gasteiger charge is -2.24. The van der Waals surface area contributed by atoms with Gasteiger partial charge in [-0.2, -0.15) is 0 Å². The lowest BCUT2D eigenvalue weighted by atomic mass is 10.1. The van der Waals surface area contributed by atoms with E-state index in [9.17, 15) is 0 Å². The van der Waals surface area contributed by atoms with Crippen molar-refractivity contribution < 1.29 is 0 Å². The van der Waals surface area contributed by atoms with Gasteiger partial charge >= 0.3 is 0 Å². The third-order valence-corrected chi connectivity index (χ3v) is 3.36. The minimum Gasteiger partial charge on any atom is -0.370 e. The first-order valence-corrected chi connectivity index (χ1v) is 7.25. The molecule has 0 aliphatic carbocycles. The first-order valence-electron chi connectivity index (χ1n) is 7.25. The van der Waals surface area contributed by atoms with Gasteiger partial charge < -0.3 is 10.2 Å². The molecule has 20 heavy (non-hydrogen) atoms. The lowest BCUT2D eigenvalue weighted by Crippen LogP contribution is -2.23. The first-order chi connectivity index (χ1) is 9.74. The van der Waals surface area contributed by atoms with E-state index < -0.39 is 0 Å². The summed E-state index contributed by atoms with van der Waals surface area (Å²) < 4.78 is 0.